The molecule has 0 radical (unpaired) electrons. The number of benzene rings is 1. The number of hydrogen-bond donors (Lipinski definition) is 0. The Kier molecular flexibility index (Phi) is 4.02. The molecule has 1 aliphatic rings. The molecule has 98 valence electrons. The van der Waals surface area contributed by atoms with Gasteiger partial charge >= 0.3 is 0 Å². The number of hydrogen-bond acceptors (Lipinski definition) is 3. The van der Waals surface area contributed by atoms with E-state index in [1.165, 1.54) is 0 Å². The molecule has 0 spiro atoms. The van der Waals surface area contributed by atoms with E-state index < -0.39 is 0 Å². The summed E-state index contributed by atoms with van der Waals surface area (Å²) in [4.78, 5) is 12.2. The predicted molar refractivity (Wildman–Crippen MR) is 70.1 cm³/mol. The van der Waals surface area contributed by atoms with Gasteiger partial charge in [0.05, 0.1) is 12.2 Å². The van der Waals surface area contributed by atoms with E-state index in [9.17, 15) is 4.79 Å². The normalized spacial score (nSPS) is 23.3. The fourth-order valence-electron chi connectivity index (χ4n) is 2.18. The standard InChI is InChI=1S/C15H20O3/c1-10(2)17-13-6-4-5-12(9-13)15(16)14-8-7-11(3)18-14/h4-6,9-11,14H,7-8H2,1-3H3. The summed E-state index contributed by atoms with van der Waals surface area (Å²) < 4.78 is 11.2. The van der Waals surface area contributed by atoms with Gasteiger partial charge in [0.1, 0.15) is 11.9 Å². The average Bonchev–Trinajstić information content (AvgIpc) is 2.74. The molecule has 3 nitrogen and oxygen atoms in total. The van der Waals surface area contributed by atoms with Crippen molar-refractivity contribution < 1.29 is 14.3 Å². The smallest absolute Gasteiger partial charge is 0.191 e. The molecule has 1 aliphatic heterocycles. The van der Waals surface area contributed by atoms with Crippen LogP contribution in [0.4, 0.5) is 0 Å². The third kappa shape index (κ3) is 3.10. The van der Waals surface area contributed by atoms with Crippen LogP contribution in [0, 0.1) is 0 Å². The van der Waals surface area contributed by atoms with Crippen LogP contribution >= 0.6 is 0 Å². The minimum Gasteiger partial charge on any atom is -0.491 e. The number of ether oxygens (including phenoxy) is 2. The summed E-state index contributed by atoms with van der Waals surface area (Å²) in [6.07, 6.45) is 1.79. The Hall–Kier alpha value is -1.35. The van der Waals surface area contributed by atoms with Gasteiger partial charge in [-0.1, -0.05) is 12.1 Å². The van der Waals surface area contributed by atoms with Crippen molar-refractivity contribution in [2.75, 3.05) is 0 Å². The van der Waals surface area contributed by atoms with Gasteiger partial charge in [0.2, 0.25) is 0 Å². The van der Waals surface area contributed by atoms with E-state index in [4.69, 9.17) is 9.47 Å². The Balaban J connectivity index is 2.10. The second-order valence-electron chi connectivity index (χ2n) is 5.07. The zero-order valence-electron chi connectivity index (χ0n) is 11.2. The largest absolute Gasteiger partial charge is 0.491 e. The third-order valence-electron chi connectivity index (χ3n) is 3.01. The summed E-state index contributed by atoms with van der Waals surface area (Å²) in [6, 6.07) is 7.34. The zero-order chi connectivity index (χ0) is 13.1. The van der Waals surface area contributed by atoms with E-state index in [-0.39, 0.29) is 24.1 Å². The fraction of sp³-hybridized carbons (Fsp3) is 0.533. The molecule has 1 heterocycles. The summed E-state index contributed by atoms with van der Waals surface area (Å²) in [5.74, 6) is 0.801. The Morgan fingerprint density at radius 2 is 2.17 bits per heavy atom. The number of carbonyl (C=O) groups is 1. The van der Waals surface area contributed by atoms with Gasteiger partial charge in [0.15, 0.2) is 5.78 Å². The maximum absolute atomic E-state index is 12.2. The first-order chi connectivity index (χ1) is 8.56. The highest BCUT2D eigenvalue weighted by atomic mass is 16.5. The van der Waals surface area contributed by atoms with E-state index in [1.54, 1.807) is 6.07 Å². The van der Waals surface area contributed by atoms with Crippen LogP contribution in [0.5, 0.6) is 5.75 Å². The van der Waals surface area contributed by atoms with Crippen molar-refractivity contribution >= 4 is 5.78 Å². The Morgan fingerprint density at radius 1 is 1.39 bits per heavy atom. The molecule has 0 aliphatic carbocycles. The highest BCUT2D eigenvalue weighted by molar-refractivity contribution is 5.99. The Bertz CT molecular complexity index is 426. The number of ketones is 1. The van der Waals surface area contributed by atoms with Crippen LogP contribution in [0.3, 0.4) is 0 Å². The van der Waals surface area contributed by atoms with E-state index in [1.807, 2.05) is 39.0 Å². The monoisotopic (exact) mass is 248 g/mol. The van der Waals surface area contributed by atoms with E-state index in [0.29, 0.717) is 5.56 Å². The maximum atomic E-state index is 12.2. The lowest BCUT2D eigenvalue weighted by Gasteiger charge is -2.13. The first kappa shape index (κ1) is 13.1. The van der Waals surface area contributed by atoms with Crippen LogP contribution in [-0.4, -0.2) is 24.1 Å². The summed E-state index contributed by atoms with van der Waals surface area (Å²) in [6.45, 7) is 5.94. The minimum absolute atomic E-state index is 0.0635. The molecule has 1 aromatic rings. The Morgan fingerprint density at radius 3 is 2.78 bits per heavy atom. The van der Waals surface area contributed by atoms with Gasteiger partial charge in [-0.2, -0.15) is 0 Å². The molecule has 2 atom stereocenters. The lowest BCUT2D eigenvalue weighted by molar-refractivity contribution is 0.0433. The van der Waals surface area contributed by atoms with Crippen LogP contribution < -0.4 is 4.74 Å². The van der Waals surface area contributed by atoms with Gasteiger partial charge in [-0.25, -0.2) is 0 Å². The summed E-state index contributed by atoms with van der Waals surface area (Å²) in [5, 5.41) is 0. The molecular formula is C15H20O3. The van der Waals surface area contributed by atoms with Crippen LogP contribution in [0.25, 0.3) is 0 Å². The van der Waals surface area contributed by atoms with E-state index >= 15 is 0 Å². The molecule has 1 aromatic carbocycles. The van der Waals surface area contributed by atoms with Gasteiger partial charge < -0.3 is 9.47 Å². The van der Waals surface area contributed by atoms with Crippen molar-refractivity contribution in [2.24, 2.45) is 0 Å². The van der Waals surface area contributed by atoms with Gasteiger partial charge in [0.25, 0.3) is 0 Å². The van der Waals surface area contributed by atoms with Crippen molar-refractivity contribution in [3.8, 4) is 5.75 Å². The zero-order valence-corrected chi connectivity index (χ0v) is 11.2. The highest BCUT2D eigenvalue weighted by Crippen LogP contribution is 2.24. The minimum atomic E-state index is -0.283. The molecular weight excluding hydrogens is 228 g/mol. The molecule has 0 saturated carbocycles. The summed E-state index contributed by atoms with van der Waals surface area (Å²) in [5.41, 5.74) is 0.673. The van der Waals surface area contributed by atoms with Gasteiger partial charge in [-0.15, -0.1) is 0 Å². The van der Waals surface area contributed by atoms with Crippen molar-refractivity contribution in [1.29, 1.82) is 0 Å². The second-order valence-corrected chi connectivity index (χ2v) is 5.07. The van der Waals surface area contributed by atoms with Crippen molar-refractivity contribution in [3.63, 3.8) is 0 Å². The molecule has 0 N–H and O–H groups in total. The molecule has 18 heavy (non-hydrogen) atoms. The lowest BCUT2D eigenvalue weighted by atomic mass is 10.0. The van der Waals surface area contributed by atoms with Gasteiger partial charge in [-0.3, -0.25) is 4.79 Å². The third-order valence-corrected chi connectivity index (χ3v) is 3.01. The Labute approximate surface area is 108 Å². The van der Waals surface area contributed by atoms with Crippen molar-refractivity contribution in [2.45, 2.75) is 51.9 Å². The molecule has 1 saturated heterocycles. The first-order valence-corrected chi connectivity index (χ1v) is 6.52. The van der Waals surface area contributed by atoms with Crippen molar-refractivity contribution in [3.05, 3.63) is 29.8 Å². The molecule has 0 bridgehead atoms. The topological polar surface area (TPSA) is 35.5 Å². The van der Waals surface area contributed by atoms with Crippen molar-refractivity contribution in [1.82, 2.24) is 0 Å². The first-order valence-electron chi connectivity index (χ1n) is 6.52. The summed E-state index contributed by atoms with van der Waals surface area (Å²) >= 11 is 0. The average molecular weight is 248 g/mol. The van der Waals surface area contributed by atoms with Crippen LogP contribution in [0.15, 0.2) is 24.3 Å². The van der Waals surface area contributed by atoms with E-state index in [2.05, 4.69) is 0 Å². The SMILES string of the molecule is CC(C)Oc1cccc(C(=O)C2CCC(C)O2)c1. The lowest BCUT2D eigenvalue weighted by Crippen LogP contribution is -2.20. The molecule has 2 unspecified atom stereocenters. The highest BCUT2D eigenvalue weighted by Gasteiger charge is 2.28. The van der Waals surface area contributed by atoms with Crippen LogP contribution in [-0.2, 0) is 4.74 Å². The molecule has 2 rings (SSSR count). The molecule has 1 fully saturated rings. The molecule has 0 amide bonds. The van der Waals surface area contributed by atoms with Crippen LogP contribution in [0.2, 0.25) is 0 Å². The van der Waals surface area contributed by atoms with Gasteiger partial charge in [-0.05, 0) is 45.7 Å². The quantitative estimate of drug-likeness (QED) is 0.767. The van der Waals surface area contributed by atoms with Gasteiger partial charge in [0, 0.05) is 5.56 Å². The number of rotatable bonds is 4. The maximum Gasteiger partial charge on any atom is 0.191 e. The number of carbonyl (C=O) groups excluding carboxylic acids is 1. The molecule has 0 aromatic heterocycles. The predicted octanol–water partition coefficient (Wildman–Crippen LogP) is 3.22. The number of Topliss-reactive ketones (excluding diaryl/α,β-unsaturated/α-hetero) is 1. The van der Waals surface area contributed by atoms with Crippen LogP contribution in [0.1, 0.15) is 44.0 Å². The van der Waals surface area contributed by atoms with E-state index in [0.717, 1.165) is 18.6 Å². The summed E-state index contributed by atoms with van der Waals surface area (Å²) in [7, 11) is 0. The fourth-order valence-corrected chi connectivity index (χ4v) is 2.18. The molecule has 3 heteroatoms. The second kappa shape index (κ2) is 5.53.